The summed E-state index contributed by atoms with van der Waals surface area (Å²) < 4.78 is 29.0. The second-order valence-electron chi connectivity index (χ2n) is 6.32. The zero-order valence-electron chi connectivity index (χ0n) is 13.3. The highest BCUT2D eigenvalue weighted by atomic mass is 28.3. The standard InChI is InChI=1S/C18H22F2OSi/c1-4-5-12-22(2,3)16-11-10-15(17(19)18(16)20)13-6-8-14(21)9-7-13/h6-11,21H,4-5,12H2,1-3H3. The second kappa shape index (κ2) is 6.61. The molecule has 0 aliphatic carbocycles. The van der Waals surface area contributed by atoms with Gasteiger partial charge in [-0.05, 0) is 22.9 Å². The van der Waals surface area contributed by atoms with Crippen molar-refractivity contribution < 1.29 is 13.9 Å². The Morgan fingerprint density at radius 2 is 1.59 bits per heavy atom. The first-order valence-electron chi connectivity index (χ1n) is 7.64. The summed E-state index contributed by atoms with van der Waals surface area (Å²) in [7, 11) is -1.96. The summed E-state index contributed by atoms with van der Waals surface area (Å²) in [5.74, 6) is -1.40. The lowest BCUT2D eigenvalue weighted by Gasteiger charge is -2.24. The van der Waals surface area contributed by atoms with E-state index in [1.165, 1.54) is 12.1 Å². The molecule has 1 nitrogen and oxygen atoms in total. The molecule has 2 rings (SSSR count). The number of hydrogen-bond donors (Lipinski definition) is 1. The lowest BCUT2D eigenvalue weighted by Crippen LogP contribution is -2.43. The fourth-order valence-electron chi connectivity index (χ4n) is 2.69. The minimum atomic E-state index is -1.96. The highest BCUT2D eigenvalue weighted by molar-refractivity contribution is 6.89. The summed E-state index contributed by atoms with van der Waals surface area (Å²) in [6.45, 7) is 6.27. The maximum Gasteiger partial charge on any atom is 0.166 e. The largest absolute Gasteiger partial charge is 0.508 e. The van der Waals surface area contributed by atoms with Crippen molar-refractivity contribution >= 4 is 13.3 Å². The van der Waals surface area contributed by atoms with Crippen LogP contribution in [-0.4, -0.2) is 13.2 Å². The van der Waals surface area contributed by atoms with Crippen LogP contribution in [0.1, 0.15) is 19.8 Å². The van der Waals surface area contributed by atoms with Crippen molar-refractivity contribution in [2.75, 3.05) is 0 Å². The van der Waals surface area contributed by atoms with Crippen LogP contribution >= 0.6 is 0 Å². The molecular formula is C18H22F2OSi. The van der Waals surface area contributed by atoms with Gasteiger partial charge >= 0.3 is 0 Å². The monoisotopic (exact) mass is 320 g/mol. The number of rotatable bonds is 5. The van der Waals surface area contributed by atoms with Gasteiger partial charge in [0.2, 0.25) is 0 Å². The minimum Gasteiger partial charge on any atom is -0.508 e. The topological polar surface area (TPSA) is 20.2 Å². The second-order valence-corrected chi connectivity index (χ2v) is 11.1. The Bertz CT molecular complexity index is 651. The zero-order valence-corrected chi connectivity index (χ0v) is 14.3. The van der Waals surface area contributed by atoms with E-state index in [0.29, 0.717) is 10.8 Å². The summed E-state index contributed by atoms with van der Waals surface area (Å²) in [6, 6.07) is 10.5. The van der Waals surface area contributed by atoms with Gasteiger partial charge in [-0.2, -0.15) is 0 Å². The van der Waals surface area contributed by atoms with Crippen LogP contribution in [0.2, 0.25) is 19.1 Å². The molecule has 0 aliphatic heterocycles. The fraction of sp³-hybridized carbons (Fsp3) is 0.333. The van der Waals surface area contributed by atoms with E-state index in [2.05, 4.69) is 20.0 Å². The van der Waals surface area contributed by atoms with Crippen molar-refractivity contribution in [1.29, 1.82) is 0 Å². The third kappa shape index (κ3) is 3.38. The highest BCUT2D eigenvalue weighted by Gasteiger charge is 2.28. The van der Waals surface area contributed by atoms with E-state index >= 15 is 0 Å². The predicted octanol–water partition coefficient (Wildman–Crippen LogP) is 5.05. The van der Waals surface area contributed by atoms with Crippen LogP contribution in [0.4, 0.5) is 8.78 Å². The first kappa shape index (κ1) is 16.7. The normalized spacial score (nSPS) is 11.7. The molecular weight excluding hydrogens is 298 g/mol. The first-order chi connectivity index (χ1) is 10.4. The van der Waals surface area contributed by atoms with Crippen LogP contribution in [0.25, 0.3) is 11.1 Å². The predicted molar refractivity (Wildman–Crippen MR) is 90.3 cm³/mol. The maximum atomic E-state index is 14.6. The molecule has 0 spiro atoms. The van der Waals surface area contributed by atoms with Crippen molar-refractivity contribution in [1.82, 2.24) is 0 Å². The van der Waals surface area contributed by atoms with Gasteiger partial charge in [-0.25, -0.2) is 8.78 Å². The number of halogens is 2. The van der Waals surface area contributed by atoms with Gasteiger partial charge < -0.3 is 5.11 Å². The van der Waals surface area contributed by atoms with Crippen LogP contribution in [0, 0.1) is 11.6 Å². The molecule has 22 heavy (non-hydrogen) atoms. The fourth-order valence-corrected chi connectivity index (χ4v) is 5.43. The zero-order chi connectivity index (χ0) is 16.3. The number of phenolic OH excluding ortho intramolecular Hbond substituents is 1. The van der Waals surface area contributed by atoms with Gasteiger partial charge in [0.1, 0.15) is 5.75 Å². The van der Waals surface area contributed by atoms with Crippen LogP contribution < -0.4 is 5.19 Å². The van der Waals surface area contributed by atoms with E-state index in [9.17, 15) is 13.9 Å². The smallest absolute Gasteiger partial charge is 0.166 e. The molecule has 0 saturated carbocycles. The summed E-state index contributed by atoms with van der Waals surface area (Å²) in [5, 5.41) is 9.85. The van der Waals surface area contributed by atoms with E-state index in [-0.39, 0.29) is 11.3 Å². The van der Waals surface area contributed by atoms with Gasteiger partial charge in [0, 0.05) is 5.56 Å². The van der Waals surface area contributed by atoms with Crippen LogP contribution in [0.3, 0.4) is 0 Å². The molecule has 0 saturated heterocycles. The Hall–Kier alpha value is -1.68. The Balaban J connectivity index is 2.43. The Morgan fingerprint density at radius 3 is 2.18 bits per heavy atom. The third-order valence-corrected chi connectivity index (χ3v) is 7.59. The molecule has 0 fully saturated rings. The van der Waals surface area contributed by atoms with E-state index < -0.39 is 19.7 Å². The number of unbranched alkanes of at least 4 members (excludes halogenated alkanes) is 1. The molecule has 2 aromatic rings. The maximum absolute atomic E-state index is 14.6. The molecule has 0 aliphatic rings. The summed E-state index contributed by atoms with van der Waals surface area (Å²) in [4.78, 5) is 0. The molecule has 4 heteroatoms. The van der Waals surface area contributed by atoms with Gasteiger partial charge in [0.25, 0.3) is 0 Å². The highest BCUT2D eigenvalue weighted by Crippen LogP contribution is 2.27. The van der Waals surface area contributed by atoms with Gasteiger partial charge in [0.15, 0.2) is 11.6 Å². The van der Waals surface area contributed by atoms with Crippen LogP contribution in [0.15, 0.2) is 36.4 Å². The van der Waals surface area contributed by atoms with Gasteiger partial charge in [-0.15, -0.1) is 0 Å². The number of benzene rings is 2. The molecule has 0 bridgehead atoms. The third-order valence-electron chi connectivity index (χ3n) is 4.15. The average Bonchev–Trinajstić information content (AvgIpc) is 2.49. The number of hydrogen-bond acceptors (Lipinski definition) is 1. The SMILES string of the molecule is CCCC[Si](C)(C)c1ccc(-c2ccc(O)cc2)c(F)c1F. The van der Waals surface area contributed by atoms with Crippen molar-refractivity contribution in [2.24, 2.45) is 0 Å². The Morgan fingerprint density at radius 1 is 0.955 bits per heavy atom. The quantitative estimate of drug-likeness (QED) is 0.764. The molecule has 0 heterocycles. The molecule has 0 atom stereocenters. The molecule has 0 aromatic heterocycles. The van der Waals surface area contributed by atoms with E-state index in [1.807, 2.05) is 0 Å². The molecule has 118 valence electrons. The van der Waals surface area contributed by atoms with E-state index in [0.717, 1.165) is 18.9 Å². The summed E-state index contributed by atoms with van der Waals surface area (Å²) in [6.07, 6.45) is 2.10. The molecule has 0 radical (unpaired) electrons. The van der Waals surface area contributed by atoms with E-state index in [1.54, 1.807) is 24.3 Å². The lowest BCUT2D eigenvalue weighted by atomic mass is 10.0. The summed E-state index contributed by atoms with van der Waals surface area (Å²) >= 11 is 0. The number of aromatic hydroxyl groups is 1. The first-order valence-corrected chi connectivity index (χ1v) is 10.9. The Kier molecular flexibility index (Phi) is 5.01. The van der Waals surface area contributed by atoms with Crippen molar-refractivity contribution in [2.45, 2.75) is 38.9 Å². The number of phenols is 1. The van der Waals surface area contributed by atoms with Crippen molar-refractivity contribution in [3.8, 4) is 16.9 Å². The Labute approximate surface area is 131 Å². The molecule has 1 N–H and O–H groups in total. The molecule has 0 amide bonds. The van der Waals surface area contributed by atoms with Gasteiger partial charge in [0.05, 0.1) is 8.07 Å². The minimum absolute atomic E-state index is 0.106. The van der Waals surface area contributed by atoms with Crippen LogP contribution in [-0.2, 0) is 0 Å². The lowest BCUT2D eigenvalue weighted by molar-refractivity contribution is 0.475. The summed E-state index contributed by atoms with van der Waals surface area (Å²) in [5.41, 5.74) is 0.801. The molecule has 0 unspecified atom stereocenters. The van der Waals surface area contributed by atoms with Gasteiger partial charge in [-0.1, -0.05) is 63.2 Å². The van der Waals surface area contributed by atoms with E-state index in [4.69, 9.17) is 0 Å². The van der Waals surface area contributed by atoms with Gasteiger partial charge in [-0.3, -0.25) is 0 Å². The molecule has 2 aromatic carbocycles. The van der Waals surface area contributed by atoms with Crippen molar-refractivity contribution in [3.63, 3.8) is 0 Å². The van der Waals surface area contributed by atoms with Crippen LogP contribution in [0.5, 0.6) is 5.75 Å². The average molecular weight is 320 g/mol. The van der Waals surface area contributed by atoms with Crippen molar-refractivity contribution in [3.05, 3.63) is 48.0 Å².